The molecule has 0 radical (unpaired) electrons. The Morgan fingerprint density at radius 3 is 2.62 bits per heavy atom. The summed E-state index contributed by atoms with van der Waals surface area (Å²) in [5.74, 6) is 0.0444. The Labute approximate surface area is 151 Å². The third kappa shape index (κ3) is 2.92. The van der Waals surface area contributed by atoms with E-state index in [-0.39, 0.29) is 17.6 Å². The molecule has 6 heteroatoms. The van der Waals surface area contributed by atoms with Gasteiger partial charge in [-0.25, -0.2) is 4.39 Å². The van der Waals surface area contributed by atoms with Crippen molar-refractivity contribution in [3.63, 3.8) is 0 Å². The first-order valence-corrected chi connectivity index (χ1v) is 8.40. The van der Waals surface area contributed by atoms with Crippen LogP contribution in [0.15, 0.2) is 30.6 Å². The van der Waals surface area contributed by atoms with E-state index in [1.165, 1.54) is 4.90 Å². The number of methoxy groups -OCH3 is 1. The summed E-state index contributed by atoms with van der Waals surface area (Å²) in [4.78, 5) is 20.9. The largest absolute Gasteiger partial charge is 0.494 e. The molecule has 2 aromatic heterocycles. The molecule has 5 nitrogen and oxygen atoms in total. The Morgan fingerprint density at radius 2 is 2.00 bits per heavy atom. The summed E-state index contributed by atoms with van der Waals surface area (Å²) in [6, 6.07) is 5.36. The summed E-state index contributed by atoms with van der Waals surface area (Å²) < 4.78 is 20.5. The maximum absolute atomic E-state index is 15.1. The van der Waals surface area contributed by atoms with Crippen LogP contribution in [0, 0.1) is 5.82 Å². The number of rotatable bonds is 4. The lowest BCUT2D eigenvalue weighted by Gasteiger charge is -2.14. The van der Waals surface area contributed by atoms with Gasteiger partial charge in [-0.3, -0.25) is 9.78 Å². The average molecular weight is 355 g/mol. The van der Waals surface area contributed by atoms with E-state index in [0.29, 0.717) is 27.9 Å². The second kappa shape index (κ2) is 6.78. The Kier molecular flexibility index (Phi) is 4.68. The fourth-order valence-electron chi connectivity index (χ4n) is 3.05. The number of carbonyl (C=O) groups excluding carboxylic acids is 1. The minimum atomic E-state index is -0.329. The van der Waals surface area contributed by atoms with Crippen molar-refractivity contribution >= 4 is 16.8 Å². The highest BCUT2D eigenvalue weighted by molar-refractivity contribution is 6.04. The number of aromatic amines is 1. The zero-order valence-electron chi connectivity index (χ0n) is 15.6. The number of aromatic nitrogens is 2. The van der Waals surface area contributed by atoms with Crippen molar-refractivity contribution in [1.82, 2.24) is 14.9 Å². The lowest BCUT2D eigenvalue weighted by molar-refractivity contribution is 0.0823. The summed E-state index contributed by atoms with van der Waals surface area (Å²) in [7, 11) is 4.90. The maximum atomic E-state index is 15.1. The number of hydrogen-bond acceptors (Lipinski definition) is 3. The first kappa shape index (κ1) is 17.9. The highest BCUT2D eigenvalue weighted by Crippen LogP contribution is 2.39. The number of pyridine rings is 1. The van der Waals surface area contributed by atoms with E-state index in [1.54, 1.807) is 39.7 Å². The van der Waals surface area contributed by atoms with Crippen LogP contribution in [0.4, 0.5) is 4.39 Å². The zero-order valence-corrected chi connectivity index (χ0v) is 15.6. The smallest absolute Gasteiger partial charge is 0.269 e. The number of carbonyl (C=O) groups is 1. The fourth-order valence-corrected chi connectivity index (χ4v) is 3.05. The molecule has 1 amide bonds. The third-order valence-corrected chi connectivity index (χ3v) is 4.43. The average Bonchev–Trinajstić information content (AvgIpc) is 3.07. The van der Waals surface area contributed by atoms with Crippen LogP contribution in [-0.2, 0) is 0 Å². The van der Waals surface area contributed by atoms with Gasteiger partial charge in [-0.2, -0.15) is 0 Å². The fraction of sp³-hybridized carbons (Fsp3) is 0.300. The predicted molar refractivity (Wildman–Crippen MR) is 100 cm³/mol. The van der Waals surface area contributed by atoms with Crippen molar-refractivity contribution < 1.29 is 13.9 Å². The van der Waals surface area contributed by atoms with Crippen LogP contribution in [0.2, 0.25) is 0 Å². The van der Waals surface area contributed by atoms with Gasteiger partial charge in [0, 0.05) is 31.2 Å². The van der Waals surface area contributed by atoms with Gasteiger partial charge in [0.1, 0.15) is 11.4 Å². The lowest BCUT2D eigenvalue weighted by Crippen LogP contribution is -2.21. The van der Waals surface area contributed by atoms with Crippen LogP contribution in [0.1, 0.15) is 35.8 Å². The Bertz CT molecular complexity index is 977. The van der Waals surface area contributed by atoms with Gasteiger partial charge in [0.2, 0.25) is 0 Å². The van der Waals surface area contributed by atoms with Crippen LogP contribution < -0.4 is 4.74 Å². The molecule has 0 atom stereocenters. The Hall–Kier alpha value is -2.89. The standard InChI is InChI=1S/C20H22FN3O2/c1-11(2)13-8-14(12-6-7-22-10-17(12)26-5)15-9-16(20(25)24(3)4)23-19(15)18(13)21/h6-11,23H,1-5H3. The second-order valence-electron chi connectivity index (χ2n) is 6.73. The normalized spacial score (nSPS) is 11.2. The minimum Gasteiger partial charge on any atom is -0.494 e. The van der Waals surface area contributed by atoms with Gasteiger partial charge >= 0.3 is 0 Å². The molecular formula is C20H22FN3O2. The summed E-state index contributed by atoms with van der Waals surface area (Å²) in [5.41, 5.74) is 2.86. The highest BCUT2D eigenvalue weighted by atomic mass is 19.1. The molecule has 3 rings (SSSR count). The molecule has 0 unspecified atom stereocenters. The molecule has 0 saturated heterocycles. The molecule has 0 spiro atoms. The molecule has 0 aliphatic rings. The van der Waals surface area contributed by atoms with E-state index in [1.807, 2.05) is 26.0 Å². The van der Waals surface area contributed by atoms with Gasteiger partial charge in [-0.15, -0.1) is 0 Å². The number of benzene rings is 1. The van der Waals surface area contributed by atoms with Gasteiger partial charge in [0.25, 0.3) is 5.91 Å². The number of nitrogens with zero attached hydrogens (tertiary/aromatic N) is 2. The monoisotopic (exact) mass is 355 g/mol. The summed E-state index contributed by atoms with van der Waals surface area (Å²) in [5, 5.41) is 0.640. The summed E-state index contributed by atoms with van der Waals surface area (Å²) in [6.45, 7) is 3.87. The Balaban J connectivity index is 2.37. The van der Waals surface area contributed by atoms with Crippen molar-refractivity contribution in [3.05, 3.63) is 47.7 Å². The van der Waals surface area contributed by atoms with Crippen LogP contribution >= 0.6 is 0 Å². The molecule has 136 valence electrons. The van der Waals surface area contributed by atoms with Gasteiger partial charge in [0.15, 0.2) is 5.82 Å². The van der Waals surface area contributed by atoms with E-state index in [2.05, 4.69) is 9.97 Å². The number of hydrogen-bond donors (Lipinski definition) is 1. The van der Waals surface area contributed by atoms with Crippen LogP contribution in [0.3, 0.4) is 0 Å². The SMILES string of the molecule is COc1cnccc1-c1cc(C(C)C)c(F)c2[nH]c(C(=O)N(C)C)cc12. The molecule has 0 saturated carbocycles. The quantitative estimate of drug-likeness (QED) is 0.763. The van der Waals surface area contributed by atoms with Gasteiger partial charge in [0.05, 0.1) is 18.8 Å². The third-order valence-electron chi connectivity index (χ3n) is 4.43. The first-order chi connectivity index (χ1) is 12.3. The molecule has 26 heavy (non-hydrogen) atoms. The molecule has 0 bridgehead atoms. The van der Waals surface area contributed by atoms with E-state index in [0.717, 1.165) is 11.1 Å². The van der Waals surface area contributed by atoms with Crippen LogP contribution in [0.5, 0.6) is 5.75 Å². The molecule has 3 aromatic rings. The highest BCUT2D eigenvalue weighted by Gasteiger charge is 2.21. The maximum Gasteiger partial charge on any atom is 0.269 e. The lowest BCUT2D eigenvalue weighted by atomic mass is 9.93. The van der Waals surface area contributed by atoms with Crippen molar-refractivity contribution in [2.45, 2.75) is 19.8 Å². The van der Waals surface area contributed by atoms with Crippen molar-refractivity contribution in [2.75, 3.05) is 21.2 Å². The van der Waals surface area contributed by atoms with Crippen molar-refractivity contribution in [1.29, 1.82) is 0 Å². The van der Waals surface area contributed by atoms with E-state index in [4.69, 9.17) is 4.74 Å². The Morgan fingerprint density at radius 1 is 1.27 bits per heavy atom. The van der Waals surface area contributed by atoms with E-state index >= 15 is 4.39 Å². The molecule has 0 aliphatic carbocycles. The van der Waals surface area contributed by atoms with Gasteiger partial charge in [-0.05, 0) is 35.2 Å². The second-order valence-corrected chi connectivity index (χ2v) is 6.73. The summed E-state index contributed by atoms with van der Waals surface area (Å²) >= 11 is 0. The van der Waals surface area contributed by atoms with Crippen LogP contribution in [0.25, 0.3) is 22.0 Å². The van der Waals surface area contributed by atoms with Gasteiger partial charge < -0.3 is 14.6 Å². The van der Waals surface area contributed by atoms with Gasteiger partial charge in [-0.1, -0.05) is 13.8 Å². The number of nitrogens with one attached hydrogen (secondary N) is 1. The van der Waals surface area contributed by atoms with E-state index in [9.17, 15) is 4.79 Å². The molecular weight excluding hydrogens is 333 g/mol. The number of ether oxygens (including phenoxy) is 1. The van der Waals surface area contributed by atoms with Crippen molar-refractivity contribution in [2.24, 2.45) is 0 Å². The van der Waals surface area contributed by atoms with E-state index < -0.39 is 0 Å². The van der Waals surface area contributed by atoms with Crippen molar-refractivity contribution in [3.8, 4) is 16.9 Å². The molecule has 0 aliphatic heterocycles. The molecule has 1 N–H and O–H groups in total. The first-order valence-electron chi connectivity index (χ1n) is 8.40. The number of fused-ring (bicyclic) bond motifs is 1. The number of amides is 1. The number of halogens is 1. The number of H-pyrrole nitrogens is 1. The van der Waals surface area contributed by atoms with Crippen LogP contribution in [-0.4, -0.2) is 42.0 Å². The molecule has 1 aromatic carbocycles. The predicted octanol–water partition coefficient (Wildman–Crippen LogP) is 4.20. The summed E-state index contributed by atoms with van der Waals surface area (Å²) in [6.07, 6.45) is 3.29. The zero-order chi connectivity index (χ0) is 19.0. The topological polar surface area (TPSA) is 58.2 Å². The minimum absolute atomic E-state index is 0.0118. The molecule has 2 heterocycles. The molecule has 0 fully saturated rings.